The monoisotopic (exact) mass is 570 g/mol. The number of anilines is 2. The molecule has 10 heteroatoms. The van der Waals surface area contributed by atoms with E-state index in [4.69, 9.17) is 11.6 Å². The minimum atomic E-state index is -4.68. The molecule has 1 aliphatic heterocycles. The number of fused-ring (bicyclic) bond motifs is 2. The molecule has 3 N–H and O–H groups in total. The zero-order valence-corrected chi connectivity index (χ0v) is 22.3. The van der Waals surface area contributed by atoms with Gasteiger partial charge < -0.3 is 10.4 Å². The second-order valence-corrected chi connectivity index (χ2v) is 11.2. The molecule has 0 amide bonds. The Morgan fingerprint density at radius 3 is 2.25 bits per heavy atom. The van der Waals surface area contributed by atoms with E-state index in [1.165, 1.54) is 12.1 Å². The Morgan fingerprint density at radius 1 is 0.875 bits per heavy atom. The summed E-state index contributed by atoms with van der Waals surface area (Å²) >= 11 is 5.99. The normalized spacial score (nSPS) is 12.8. The lowest BCUT2D eigenvalue weighted by molar-refractivity contribution is 0.483. The predicted octanol–water partition coefficient (Wildman–Crippen LogP) is 4.66. The number of nitrogens with one attached hydrogen (secondary N) is 1. The van der Waals surface area contributed by atoms with Crippen molar-refractivity contribution in [2.75, 3.05) is 5.32 Å². The van der Waals surface area contributed by atoms with Gasteiger partial charge >= 0.3 is 0 Å². The van der Waals surface area contributed by atoms with Crippen molar-refractivity contribution in [3.63, 3.8) is 0 Å². The largest absolute Gasteiger partial charge is 0.506 e. The van der Waals surface area contributed by atoms with Gasteiger partial charge in [-0.2, -0.15) is 8.42 Å². The van der Waals surface area contributed by atoms with Crippen molar-refractivity contribution in [2.24, 2.45) is 0 Å². The molecule has 6 rings (SSSR count). The molecule has 0 fully saturated rings. The van der Waals surface area contributed by atoms with Gasteiger partial charge in [0.05, 0.1) is 27.5 Å². The van der Waals surface area contributed by atoms with E-state index >= 15 is 0 Å². The number of nitrogens with zero attached hydrogens (tertiary/aromatic N) is 1. The summed E-state index contributed by atoms with van der Waals surface area (Å²) in [6, 6.07) is 20.8. The molecule has 0 unspecified atom stereocenters. The van der Waals surface area contributed by atoms with E-state index < -0.39 is 20.6 Å². The summed E-state index contributed by atoms with van der Waals surface area (Å²) in [6.45, 7) is 1.71. The lowest BCUT2D eigenvalue weighted by atomic mass is 9.95. The van der Waals surface area contributed by atoms with Gasteiger partial charge in [-0.25, -0.2) is 4.98 Å². The molecule has 0 aromatic heterocycles. The van der Waals surface area contributed by atoms with Gasteiger partial charge in [-0.05, 0) is 42.1 Å². The first-order valence-corrected chi connectivity index (χ1v) is 13.9. The van der Waals surface area contributed by atoms with Crippen LogP contribution in [0.2, 0.25) is 5.02 Å². The van der Waals surface area contributed by atoms with Crippen molar-refractivity contribution in [3.8, 4) is 0 Å². The van der Waals surface area contributed by atoms with Crippen LogP contribution in [-0.2, 0) is 10.1 Å². The van der Waals surface area contributed by atoms with Crippen LogP contribution in [0.5, 0.6) is 0 Å². The highest BCUT2D eigenvalue weighted by Gasteiger charge is 2.22. The van der Waals surface area contributed by atoms with Crippen LogP contribution in [0.15, 0.2) is 93.3 Å². The fourth-order valence-corrected chi connectivity index (χ4v) is 6.05. The smallest absolute Gasteiger partial charge is 0.296 e. The molecular formula is C30H19ClN2O6S. The van der Waals surface area contributed by atoms with Crippen LogP contribution < -0.4 is 21.5 Å². The zero-order valence-electron chi connectivity index (χ0n) is 20.8. The quantitative estimate of drug-likeness (QED) is 0.261. The van der Waals surface area contributed by atoms with Gasteiger partial charge in [0.1, 0.15) is 10.7 Å². The third-order valence-corrected chi connectivity index (χ3v) is 7.99. The van der Waals surface area contributed by atoms with Crippen LogP contribution in [0.25, 0.3) is 27.4 Å². The minimum Gasteiger partial charge on any atom is -0.506 e. The Hall–Kier alpha value is -4.57. The highest BCUT2D eigenvalue weighted by molar-refractivity contribution is 7.86. The van der Waals surface area contributed by atoms with Crippen LogP contribution in [0.1, 0.15) is 11.1 Å². The standard InChI is InChI=1S/C30H19ClN2O6S/c1-15-13-21(32-20-12-11-17(31)14-22(20)40(37,38)39)24-25-23(18-9-5-6-10-19(18)29(24)35)26(30(36)33-27(15)25)28(34)16-7-3-2-4-8-16/h2-14,32,34H,1H3,(H,37,38,39)/b28-26+. The molecule has 0 saturated carbocycles. The van der Waals surface area contributed by atoms with Crippen molar-refractivity contribution < 1.29 is 18.1 Å². The number of aryl methyl sites for hydroxylation is 1. The fourth-order valence-electron chi connectivity index (χ4n) is 5.14. The second-order valence-electron chi connectivity index (χ2n) is 9.34. The van der Waals surface area contributed by atoms with E-state index in [0.717, 1.165) is 6.07 Å². The predicted molar refractivity (Wildman–Crippen MR) is 154 cm³/mol. The summed E-state index contributed by atoms with van der Waals surface area (Å²) in [5, 5.41) is 15.9. The summed E-state index contributed by atoms with van der Waals surface area (Å²) in [4.78, 5) is 31.3. The summed E-state index contributed by atoms with van der Waals surface area (Å²) in [5.74, 6) is -0.285. The molecule has 1 aliphatic carbocycles. The van der Waals surface area contributed by atoms with Crippen LogP contribution in [0, 0.1) is 17.4 Å². The number of hydrogen-bond acceptors (Lipinski definition) is 7. The van der Waals surface area contributed by atoms with Crippen LogP contribution >= 0.6 is 11.6 Å². The van der Waals surface area contributed by atoms with Crippen molar-refractivity contribution in [1.82, 2.24) is 4.98 Å². The van der Waals surface area contributed by atoms with Crippen molar-refractivity contribution >= 4 is 60.5 Å². The molecular weight excluding hydrogens is 552 g/mol. The maximum absolute atomic E-state index is 14.0. The number of aliphatic hydroxyl groups is 1. The fraction of sp³-hybridized carbons (Fsp3) is 0.0333. The minimum absolute atomic E-state index is 0.0116. The molecule has 0 bridgehead atoms. The Labute approximate surface area is 231 Å². The molecule has 0 radical (unpaired) electrons. The highest BCUT2D eigenvalue weighted by Crippen LogP contribution is 2.32. The second kappa shape index (κ2) is 9.27. The molecule has 4 aromatic rings. The average Bonchev–Trinajstić information content (AvgIpc) is 2.93. The first-order chi connectivity index (χ1) is 19.1. The average molecular weight is 571 g/mol. The molecule has 40 heavy (non-hydrogen) atoms. The number of benzene rings is 4. The number of rotatable bonds is 4. The van der Waals surface area contributed by atoms with E-state index in [1.54, 1.807) is 67.6 Å². The van der Waals surface area contributed by atoms with Gasteiger partial charge in [0, 0.05) is 26.4 Å². The molecule has 2 aliphatic rings. The van der Waals surface area contributed by atoms with E-state index in [9.17, 15) is 27.7 Å². The molecule has 4 aromatic carbocycles. The maximum Gasteiger partial charge on any atom is 0.296 e. The summed E-state index contributed by atoms with van der Waals surface area (Å²) in [6.07, 6.45) is 0. The molecule has 1 heterocycles. The van der Waals surface area contributed by atoms with E-state index in [-0.39, 0.29) is 43.7 Å². The summed E-state index contributed by atoms with van der Waals surface area (Å²) < 4.78 is 34.1. The molecule has 0 atom stereocenters. The number of aliphatic hydroxyl groups excluding tert-OH is 1. The van der Waals surface area contributed by atoms with Gasteiger partial charge in [0.2, 0.25) is 0 Å². The van der Waals surface area contributed by atoms with Gasteiger partial charge in [-0.3, -0.25) is 14.1 Å². The van der Waals surface area contributed by atoms with E-state index in [2.05, 4.69) is 10.3 Å². The van der Waals surface area contributed by atoms with Crippen LogP contribution in [-0.4, -0.2) is 23.1 Å². The number of halogens is 1. The summed E-state index contributed by atoms with van der Waals surface area (Å²) in [5.41, 5.74) is 0.376. The molecule has 198 valence electrons. The third-order valence-electron chi connectivity index (χ3n) is 6.86. The van der Waals surface area contributed by atoms with Crippen molar-refractivity contribution in [1.29, 1.82) is 0 Å². The molecule has 0 spiro atoms. The topological polar surface area (TPSA) is 134 Å². The third kappa shape index (κ3) is 4.03. The van der Waals surface area contributed by atoms with Gasteiger partial charge in [0.25, 0.3) is 15.7 Å². The summed E-state index contributed by atoms with van der Waals surface area (Å²) in [7, 11) is -4.68. The SMILES string of the molecule is Cc1cc(Nc2ccc(Cl)cc2S(=O)(=O)O)c2c3c1nc(=O)/c(=C(/O)c1ccccc1)c=3c1ccccc1c2=O. The Bertz CT molecular complexity index is 2350. The van der Waals surface area contributed by atoms with Gasteiger partial charge in [-0.1, -0.05) is 66.2 Å². The first-order valence-electron chi connectivity index (χ1n) is 12.0. The maximum atomic E-state index is 14.0. The molecule has 8 nitrogen and oxygen atoms in total. The van der Waals surface area contributed by atoms with Crippen LogP contribution in [0.4, 0.5) is 11.4 Å². The molecule has 0 saturated heterocycles. The zero-order chi connectivity index (χ0) is 28.3. The van der Waals surface area contributed by atoms with E-state index in [1.807, 2.05) is 0 Å². The lowest BCUT2D eigenvalue weighted by Crippen LogP contribution is -2.33. The van der Waals surface area contributed by atoms with Crippen molar-refractivity contribution in [2.45, 2.75) is 11.8 Å². The first kappa shape index (κ1) is 25.7. The lowest BCUT2D eigenvalue weighted by Gasteiger charge is -2.16. The van der Waals surface area contributed by atoms with E-state index in [0.29, 0.717) is 32.3 Å². The Kier molecular flexibility index (Phi) is 5.95. The van der Waals surface area contributed by atoms with Gasteiger partial charge in [-0.15, -0.1) is 0 Å². The number of aromatic nitrogens is 1. The number of hydrogen-bond donors (Lipinski definition) is 3. The van der Waals surface area contributed by atoms with Crippen molar-refractivity contribution in [3.05, 3.63) is 131 Å². The van der Waals surface area contributed by atoms with Gasteiger partial charge in [0.15, 0.2) is 5.43 Å². The Balaban J connectivity index is 1.87. The van der Waals surface area contributed by atoms with Crippen LogP contribution in [0.3, 0.4) is 0 Å². The Morgan fingerprint density at radius 2 is 1.55 bits per heavy atom. The highest BCUT2D eigenvalue weighted by atomic mass is 35.5.